The normalized spacial score (nSPS) is 13.8. The summed E-state index contributed by atoms with van der Waals surface area (Å²) in [5.41, 5.74) is 4.10. The topological polar surface area (TPSA) is 109 Å². The fourth-order valence-corrected chi connectivity index (χ4v) is 5.13. The largest absolute Gasteiger partial charge is 0.444 e. The number of hydrogen-bond donors (Lipinski definition) is 0. The number of para-hydroxylation sites is 4. The lowest BCUT2D eigenvalue weighted by atomic mass is 10.1. The molecule has 0 fully saturated rings. The highest BCUT2D eigenvalue weighted by atomic mass is 16.6. The number of aliphatic imine (C=N–C) groups is 4. The second-order valence-electron chi connectivity index (χ2n) is 13.8. The highest BCUT2D eigenvalue weighted by Crippen LogP contribution is 2.28. The summed E-state index contributed by atoms with van der Waals surface area (Å²) < 4.78 is 11.6. The summed E-state index contributed by atoms with van der Waals surface area (Å²) in [4.78, 5) is 48.7. The van der Waals surface area contributed by atoms with Crippen LogP contribution in [0, 0.1) is 0 Å². The Bertz CT molecular complexity index is 1730. The van der Waals surface area contributed by atoms with Crippen molar-refractivity contribution in [3.8, 4) is 0 Å². The Hall–Kier alpha value is -5.82. The first-order valence-electron chi connectivity index (χ1n) is 16.4. The van der Waals surface area contributed by atoms with Crippen molar-refractivity contribution in [3.05, 3.63) is 119 Å². The van der Waals surface area contributed by atoms with Crippen LogP contribution in [-0.2, 0) is 35.7 Å². The number of benzene rings is 4. The van der Waals surface area contributed by atoms with Crippen LogP contribution in [0.2, 0.25) is 0 Å². The summed E-state index contributed by atoms with van der Waals surface area (Å²) in [6, 6.07) is 35.8. The van der Waals surface area contributed by atoms with Gasteiger partial charge < -0.3 is 9.47 Å². The van der Waals surface area contributed by atoms with Gasteiger partial charge in [-0.3, -0.25) is 9.80 Å². The van der Waals surface area contributed by atoms with Gasteiger partial charge in [0.25, 0.3) is 0 Å². The molecule has 0 atom stereocenters. The summed E-state index contributed by atoms with van der Waals surface area (Å²) in [5, 5.41) is 0. The summed E-state index contributed by atoms with van der Waals surface area (Å²) in [6.45, 7) is 11.8. The van der Waals surface area contributed by atoms with Gasteiger partial charge >= 0.3 is 12.2 Å². The minimum Gasteiger partial charge on any atom is -0.444 e. The van der Waals surface area contributed by atoms with Crippen LogP contribution in [0.4, 0.5) is 32.3 Å². The maximum atomic E-state index is 13.6. The second-order valence-corrected chi connectivity index (χ2v) is 13.8. The van der Waals surface area contributed by atoms with Gasteiger partial charge in [-0.15, -0.1) is 0 Å². The van der Waals surface area contributed by atoms with Gasteiger partial charge in [-0.25, -0.2) is 9.59 Å². The third kappa shape index (κ3) is 10.1. The summed E-state index contributed by atoms with van der Waals surface area (Å²) in [7, 11) is 0. The quantitative estimate of drug-likeness (QED) is 0.185. The molecular weight excluding hydrogens is 628 g/mol. The zero-order chi connectivity index (χ0) is 35.7. The molecule has 50 heavy (non-hydrogen) atoms. The van der Waals surface area contributed by atoms with Gasteiger partial charge in [0.15, 0.2) is 0 Å². The monoisotopic (exact) mass is 670 g/mol. The molecule has 256 valence electrons. The van der Waals surface area contributed by atoms with Crippen molar-refractivity contribution in [2.24, 2.45) is 20.0 Å². The van der Waals surface area contributed by atoms with Crippen molar-refractivity contribution in [2.75, 3.05) is 0 Å². The first-order chi connectivity index (χ1) is 23.8. The molecule has 0 saturated carbocycles. The van der Waals surface area contributed by atoms with Crippen LogP contribution >= 0.6 is 0 Å². The molecule has 4 aromatic rings. The van der Waals surface area contributed by atoms with Gasteiger partial charge in [0.05, 0.1) is 48.9 Å². The lowest BCUT2D eigenvalue weighted by Gasteiger charge is -2.28. The van der Waals surface area contributed by atoms with E-state index in [9.17, 15) is 9.59 Å². The van der Waals surface area contributed by atoms with Crippen molar-refractivity contribution in [2.45, 2.75) is 78.9 Å². The first kappa shape index (κ1) is 35.5. The van der Waals surface area contributed by atoms with E-state index in [1.165, 1.54) is 0 Å². The molecule has 0 bridgehead atoms. The fraction of sp³-hybridized carbons (Fsp3) is 0.300. The molecule has 0 N–H and O–H groups in total. The highest BCUT2D eigenvalue weighted by Gasteiger charge is 2.25. The third-order valence-corrected chi connectivity index (χ3v) is 7.40. The van der Waals surface area contributed by atoms with Crippen molar-refractivity contribution in [3.63, 3.8) is 0 Å². The van der Waals surface area contributed by atoms with Crippen molar-refractivity contribution >= 4 is 47.0 Å². The Morgan fingerprint density at radius 2 is 0.720 bits per heavy atom. The van der Waals surface area contributed by atoms with Gasteiger partial charge in [-0.05, 0) is 88.1 Å². The molecule has 10 heteroatoms. The molecule has 1 aliphatic rings. The van der Waals surface area contributed by atoms with E-state index in [4.69, 9.17) is 9.47 Å². The Kier molecular flexibility index (Phi) is 11.1. The summed E-state index contributed by atoms with van der Waals surface area (Å²) in [6.07, 6.45) is -0.950. The number of hydrogen-bond acceptors (Lipinski definition) is 8. The smallest absolute Gasteiger partial charge is 0.410 e. The lowest BCUT2D eigenvalue weighted by Crippen LogP contribution is -2.36. The Balaban J connectivity index is 1.65. The van der Waals surface area contributed by atoms with Crippen LogP contribution in [0.5, 0.6) is 0 Å². The van der Waals surface area contributed by atoms with Crippen molar-refractivity contribution < 1.29 is 19.1 Å². The molecule has 2 amide bonds. The summed E-state index contributed by atoms with van der Waals surface area (Å²) in [5.74, 6) is 0. The minimum absolute atomic E-state index is 0.206. The van der Waals surface area contributed by atoms with E-state index in [1.807, 2.05) is 139 Å². The molecule has 0 aromatic heterocycles. The van der Waals surface area contributed by atoms with E-state index in [0.717, 1.165) is 22.3 Å². The van der Waals surface area contributed by atoms with E-state index in [0.29, 0.717) is 22.7 Å². The molecule has 0 aliphatic carbocycles. The Morgan fingerprint density at radius 1 is 0.480 bits per heavy atom. The molecule has 4 aromatic carbocycles. The maximum absolute atomic E-state index is 13.6. The summed E-state index contributed by atoms with van der Waals surface area (Å²) >= 11 is 0. The second kappa shape index (κ2) is 15.6. The zero-order valence-electron chi connectivity index (χ0n) is 29.4. The third-order valence-electron chi connectivity index (χ3n) is 7.40. The molecule has 0 radical (unpaired) electrons. The van der Waals surface area contributed by atoms with Gasteiger partial charge in [-0.1, -0.05) is 72.8 Å². The molecule has 10 nitrogen and oxygen atoms in total. The Labute approximate surface area is 293 Å². The highest BCUT2D eigenvalue weighted by molar-refractivity contribution is 5.71. The fourth-order valence-electron chi connectivity index (χ4n) is 5.13. The van der Waals surface area contributed by atoms with E-state index < -0.39 is 23.4 Å². The Morgan fingerprint density at radius 3 is 0.960 bits per heavy atom. The number of nitrogens with zero attached hydrogens (tertiary/aromatic N) is 6. The molecule has 1 aliphatic heterocycles. The number of ether oxygens (including phenoxy) is 2. The van der Waals surface area contributed by atoms with Crippen molar-refractivity contribution in [1.82, 2.24) is 9.80 Å². The van der Waals surface area contributed by atoms with Gasteiger partial charge in [0.2, 0.25) is 0 Å². The number of carbonyl (C=O) groups is 2. The van der Waals surface area contributed by atoms with Crippen LogP contribution in [-0.4, -0.2) is 45.2 Å². The molecule has 1 heterocycles. The average Bonchev–Trinajstić information content (AvgIpc) is 3.05. The van der Waals surface area contributed by atoms with Crippen LogP contribution in [0.25, 0.3) is 0 Å². The van der Waals surface area contributed by atoms with E-state index in [1.54, 1.807) is 9.80 Å². The average molecular weight is 671 g/mol. The number of fused-ring (bicyclic) bond motifs is 4. The molecule has 0 saturated heterocycles. The predicted octanol–water partition coefficient (Wildman–Crippen LogP) is 10.1. The number of carbonyl (C=O) groups excluding carboxylic acids is 2. The maximum Gasteiger partial charge on any atom is 0.410 e. The minimum atomic E-state index is -0.700. The van der Waals surface area contributed by atoms with Gasteiger partial charge in [0, 0.05) is 0 Å². The predicted molar refractivity (Wildman–Crippen MR) is 195 cm³/mol. The number of amides is 2. The molecule has 0 unspecified atom stereocenters. The van der Waals surface area contributed by atoms with Gasteiger partial charge in [-0.2, -0.15) is 20.0 Å². The van der Waals surface area contributed by atoms with Crippen molar-refractivity contribution in [1.29, 1.82) is 0 Å². The lowest BCUT2D eigenvalue weighted by molar-refractivity contribution is 0.0207. The molecule has 0 spiro atoms. The molecule has 5 rings (SSSR count). The number of rotatable bonds is 0. The van der Waals surface area contributed by atoms with Crippen LogP contribution < -0.4 is 0 Å². The molecular formula is C40H42N6O4. The standard InChI is InChI=1S/C40H42N6O4/c1-39(2,3)49-37(47)45-23-29-15-7-11-19-33(29)41-27-43-35-21-13-9-17-31(35)25-46(38(48)50-40(4,5)6)26-32-18-10-14-22-36(32)44-28-42-34-20-12-8-16-30(34)24-45/h7-22H,23-26H2,1-6H3. The van der Waals surface area contributed by atoms with E-state index in [-0.39, 0.29) is 26.2 Å². The van der Waals surface area contributed by atoms with Gasteiger partial charge in [0.1, 0.15) is 23.2 Å². The van der Waals surface area contributed by atoms with E-state index >= 15 is 0 Å². The van der Waals surface area contributed by atoms with Crippen LogP contribution in [0.3, 0.4) is 0 Å². The SMILES string of the molecule is CC(C)(C)OC(=O)N1Cc2ccccc2N=C=Nc2ccccc2CN(C(=O)OC(C)(C)C)Cc2ccccc2N=C=Nc2ccccc2C1. The zero-order valence-corrected chi connectivity index (χ0v) is 29.4. The first-order valence-corrected chi connectivity index (χ1v) is 16.4. The van der Waals surface area contributed by atoms with Crippen LogP contribution in [0.1, 0.15) is 63.8 Å². The van der Waals surface area contributed by atoms with E-state index in [2.05, 4.69) is 32.0 Å². The van der Waals surface area contributed by atoms with Crippen LogP contribution in [0.15, 0.2) is 117 Å².